The van der Waals surface area contributed by atoms with Gasteiger partial charge >= 0.3 is 0 Å². The lowest BCUT2D eigenvalue weighted by atomic mass is 9.75. The molecule has 0 amide bonds. The van der Waals surface area contributed by atoms with Gasteiger partial charge in [-0.3, -0.25) is 0 Å². The fourth-order valence-corrected chi connectivity index (χ4v) is 2.53. The predicted molar refractivity (Wildman–Crippen MR) is 69.6 cm³/mol. The summed E-state index contributed by atoms with van der Waals surface area (Å²) in [5, 5.41) is 3.54. The van der Waals surface area contributed by atoms with Crippen molar-refractivity contribution < 1.29 is 4.39 Å². The van der Waals surface area contributed by atoms with Crippen LogP contribution in [0.2, 0.25) is 0 Å². The minimum Gasteiger partial charge on any atom is -0.311 e. The monoisotopic (exact) mass is 233 g/mol. The average molecular weight is 233 g/mol. The van der Waals surface area contributed by atoms with Gasteiger partial charge in [-0.05, 0) is 43.7 Å². The molecule has 1 nitrogen and oxygen atoms in total. The van der Waals surface area contributed by atoms with Crippen LogP contribution in [0.1, 0.15) is 37.7 Å². The molecule has 0 aromatic heterocycles. The average Bonchev–Trinajstić information content (AvgIpc) is 2.25. The summed E-state index contributed by atoms with van der Waals surface area (Å²) in [6.45, 7) is 5.90. The van der Waals surface area contributed by atoms with Crippen molar-refractivity contribution in [1.82, 2.24) is 5.32 Å². The highest BCUT2D eigenvalue weighted by Crippen LogP contribution is 2.38. The molecule has 0 heterocycles. The Kier molecular flexibility index (Phi) is 3.95. The standard InChI is InChI=1S/C15H20FN/c1-3-6-11(2)17-13-9-12(10-13)14-7-4-5-8-15(14)16/h3-5,7-8,11-13,17H,1,6,9-10H2,2H3. The molecule has 0 bridgehead atoms. The summed E-state index contributed by atoms with van der Waals surface area (Å²) in [6, 6.07) is 8.13. The summed E-state index contributed by atoms with van der Waals surface area (Å²) in [6.07, 6.45) is 5.01. The van der Waals surface area contributed by atoms with Gasteiger partial charge in [-0.1, -0.05) is 24.3 Å². The number of nitrogens with one attached hydrogen (secondary N) is 1. The van der Waals surface area contributed by atoms with Gasteiger partial charge in [-0.2, -0.15) is 0 Å². The van der Waals surface area contributed by atoms with Crippen LogP contribution in [0.4, 0.5) is 4.39 Å². The first kappa shape index (κ1) is 12.3. The van der Waals surface area contributed by atoms with Crippen molar-refractivity contribution in [3.8, 4) is 0 Å². The van der Waals surface area contributed by atoms with E-state index in [4.69, 9.17) is 0 Å². The van der Waals surface area contributed by atoms with Crippen molar-refractivity contribution in [3.63, 3.8) is 0 Å². The molecule has 1 unspecified atom stereocenters. The van der Waals surface area contributed by atoms with Crippen LogP contribution in [-0.4, -0.2) is 12.1 Å². The summed E-state index contributed by atoms with van der Waals surface area (Å²) in [7, 11) is 0. The highest BCUT2D eigenvalue weighted by atomic mass is 19.1. The lowest BCUT2D eigenvalue weighted by Gasteiger charge is -2.38. The van der Waals surface area contributed by atoms with Crippen LogP contribution in [0.25, 0.3) is 0 Å². The molecule has 1 atom stereocenters. The molecule has 1 aromatic rings. The normalized spacial score (nSPS) is 25.1. The van der Waals surface area contributed by atoms with Crippen LogP contribution in [0.15, 0.2) is 36.9 Å². The van der Waals surface area contributed by atoms with E-state index in [-0.39, 0.29) is 5.82 Å². The van der Waals surface area contributed by atoms with E-state index in [1.54, 1.807) is 12.1 Å². The lowest BCUT2D eigenvalue weighted by molar-refractivity contribution is 0.265. The first-order chi connectivity index (χ1) is 8.20. The summed E-state index contributed by atoms with van der Waals surface area (Å²) in [4.78, 5) is 0. The van der Waals surface area contributed by atoms with E-state index in [0.717, 1.165) is 24.8 Å². The molecule has 17 heavy (non-hydrogen) atoms. The number of halogens is 1. The van der Waals surface area contributed by atoms with Crippen LogP contribution in [0.5, 0.6) is 0 Å². The third-order valence-electron chi connectivity index (χ3n) is 3.52. The number of rotatable bonds is 5. The van der Waals surface area contributed by atoms with Gasteiger partial charge in [-0.15, -0.1) is 6.58 Å². The quantitative estimate of drug-likeness (QED) is 0.766. The van der Waals surface area contributed by atoms with E-state index in [2.05, 4.69) is 18.8 Å². The van der Waals surface area contributed by atoms with Crippen LogP contribution in [0, 0.1) is 5.82 Å². The summed E-state index contributed by atoms with van der Waals surface area (Å²) in [5.41, 5.74) is 0.877. The lowest BCUT2D eigenvalue weighted by Crippen LogP contribution is -2.44. The fraction of sp³-hybridized carbons (Fsp3) is 0.467. The minimum absolute atomic E-state index is 0.0601. The highest BCUT2D eigenvalue weighted by molar-refractivity contribution is 5.24. The molecule has 1 aliphatic carbocycles. The molecule has 1 fully saturated rings. The first-order valence-electron chi connectivity index (χ1n) is 6.32. The van der Waals surface area contributed by atoms with Gasteiger partial charge < -0.3 is 5.32 Å². The van der Waals surface area contributed by atoms with E-state index in [1.807, 2.05) is 18.2 Å². The zero-order valence-corrected chi connectivity index (χ0v) is 10.3. The van der Waals surface area contributed by atoms with Crippen LogP contribution < -0.4 is 5.32 Å². The Hall–Kier alpha value is -1.15. The second kappa shape index (κ2) is 5.46. The minimum atomic E-state index is -0.0601. The Morgan fingerprint density at radius 1 is 1.47 bits per heavy atom. The number of hydrogen-bond acceptors (Lipinski definition) is 1. The molecule has 1 aliphatic rings. The maximum atomic E-state index is 13.5. The maximum Gasteiger partial charge on any atom is 0.126 e. The third-order valence-corrected chi connectivity index (χ3v) is 3.52. The smallest absolute Gasteiger partial charge is 0.126 e. The maximum absolute atomic E-state index is 13.5. The van der Waals surface area contributed by atoms with Crippen molar-refractivity contribution in [2.24, 2.45) is 0 Å². The van der Waals surface area contributed by atoms with Crippen molar-refractivity contribution in [2.75, 3.05) is 0 Å². The molecule has 1 saturated carbocycles. The Balaban J connectivity index is 1.83. The van der Waals surface area contributed by atoms with Gasteiger partial charge in [0.2, 0.25) is 0 Å². The van der Waals surface area contributed by atoms with Crippen LogP contribution in [-0.2, 0) is 0 Å². The summed E-state index contributed by atoms with van der Waals surface area (Å²) in [5.74, 6) is 0.333. The molecule has 0 aliphatic heterocycles. The van der Waals surface area contributed by atoms with Crippen LogP contribution >= 0.6 is 0 Å². The van der Waals surface area contributed by atoms with E-state index < -0.39 is 0 Å². The Labute approximate surface area is 103 Å². The molecular weight excluding hydrogens is 213 g/mol. The SMILES string of the molecule is C=CCC(C)NC1CC(c2ccccc2F)C1. The van der Waals surface area contributed by atoms with Gasteiger partial charge in [0.25, 0.3) is 0 Å². The second-order valence-corrected chi connectivity index (χ2v) is 4.98. The Morgan fingerprint density at radius 3 is 2.82 bits per heavy atom. The summed E-state index contributed by atoms with van der Waals surface area (Å²) < 4.78 is 13.5. The number of hydrogen-bond donors (Lipinski definition) is 1. The van der Waals surface area contributed by atoms with Gasteiger partial charge in [-0.25, -0.2) is 4.39 Å². The zero-order valence-electron chi connectivity index (χ0n) is 10.3. The molecule has 0 radical (unpaired) electrons. The van der Waals surface area contributed by atoms with Crippen molar-refractivity contribution >= 4 is 0 Å². The molecule has 2 rings (SSSR count). The van der Waals surface area contributed by atoms with Crippen molar-refractivity contribution in [2.45, 2.75) is 44.2 Å². The van der Waals surface area contributed by atoms with E-state index in [0.29, 0.717) is 18.0 Å². The first-order valence-corrected chi connectivity index (χ1v) is 6.32. The van der Waals surface area contributed by atoms with Gasteiger partial charge in [0.05, 0.1) is 0 Å². The topological polar surface area (TPSA) is 12.0 Å². The molecule has 0 saturated heterocycles. The molecule has 1 aromatic carbocycles. The van der Waals surface area contributed by atoms with Crippen molar-refractivity contribution in [3.05, 3.63) is 48.3 Å². The highest BCUT2D eigenvalue weighted by Gasteiger charge is 2.32. The zero-order chi connectivity index (χ0) is 12.3. The molecular formula is C15H20FN. The van der Waals surface area contributed by atoms with Gasteiger partial charge in [0.15, 0.2) is 0 Å². The third kappa shape index (κ3) is 2.95. The van der Waals surface area contributed by atoms with E-state index in [9.17, 15) is 4.39 Å². The fourth-order valence-electron chi connectivity index (χ4n) is 2.53. The van der Waals surface area contributed by atoms with Gasteiger partial charge in [0.1, 0.15) is 5.82 Å². The van der Waals surface area contributed by atoms with E-state index in [1.165, 1.54) is 0 Å². The van der Waals surface area contributed by atoms with Gasteiger partial charge in [0, 0.05) is 12.1 Å². The molecule has 92 valence electrons. The van der Waals surface area contributed by atoms with Crippen LogP contribution in [0.3, 0.4) is 0 Å². The second-order valence-electron chi connectivity index (χ2n) is 4.98. The number of benzene rings is 1. The molecule has 1 N–H and O–H groups in total. The Bertz CT molecular complexity index is 382. The largest absolute Gasteiger partial charge is 0.311 e. The van der Waals surface area contributed by atoms with E-state index >= 15 is 0 Å². The molecule has 2 heteroatoms. The Morgan fingerprint density at radius 2 is 2.18 bits per heavy atom. The summed E-state index contributed by atoms with van der Waals surface area (Å²) >= 11 is 0. The van der Waals surface area contributed by atoms with Crippen molar-refractivity contribution in [1.29, 1.82) is 0 Å². The molecule has 0 spiro atoms. The predicted octanol–water partition coefficient (Wildman–Crippen LogP) is 3.63.